The third kappa shape index (κ3) is 7.16. The Kier molecular flexibility index (Phi) is 8.23. The van der Waals surface area contributed by atoms with Crippen LogP contribution in [0.1, 0.15) is 63.9 Å². The lowest BCUT2D eigenvalue weighted by Crippen LogP contribution is -2.11. The van der Waals surface area contributed by atoms with E-state index in [0.29, 0.717) is 6.42 Å². The highest BCUT2D eigenvalue weighted by molar-refractivity contribution is 5.44. The van der Waals surface area contributed by atoms with E-state index >= 15 is 0 Å². The second kappa shape index (κ2) is 9.79. The molecule has 1 unspecified atom stereocenters. The van der Waals surface area contributed by atoms with Gasteiger partial charge in [-0.15, -0.1) is 0 Å². The maximum Gasteiger partial charge on any atom is 0.0581 e. The lowest BCUT2D eigenvalue weighted by molar-refractivity contribution is 0.161. The quantitative estimate of drug-likeness (QED) is 0.633. The number of aliphatic hydroxyl groups excluding tert-OH is 1. The molecular weight excluding hydrogens is 236 g/mol. The number of aromatic nitrogens is 1. The number of rotatable bonds is 10. The molecule has 3 N–H and O–H groups in total. The van der Waals surface area contributed by atoms with Crippen molar-refractivity contribution in [3.63, 3.8) is 0 Å². The summed E-state index contributed by atoms with van der Waals surface area (Å²) in [4.78, 5) is 4.05. The van der Waals surface area contributed by atoms with Gasteiger partial charge >= 0.3 is 0 Å². The molecule has 0 amide bonds. The number of unbranched alkanes of at least 4 members (excludes halogenated alkanes) is 6. The number of anilines is 1. The van der Waals surface area contributed by atoms with Gasteiger partial charge in [0.1, 0.15) is 0 Å². The first-order chi connectivity index (χ1) is 9.24. The number of pyridine rings is 1. The van der Waals surface area contributed by atoms with Crippen LogP contribution in [0.15, 0.2) is 18.5 Å². The summed E-state index contributed by atoms with van der Waals surface area (Å²) in [5, 5.41) is 9.98. The Bertz CT molecular complexity index is 341. The molecule has 0 aromatic carbocycles. The number of hydrogen-bond donors (Lipinski definition) is 2. The van der Waals surface area contributed by atoms with E-state index in [1.807, 2.05) is 0 Å². The Morgan fingerprint density at radius 1 is 1.16 bits per heavy atom. The molecule has 19 heavy (non-hydrogen) atoms. The first kappa shape index (κ1) is 16.0. The minimum Gasteiger partial charge on any atom is -0.398 e. The van der Waals surface area contributed by atoms with Crippen LogP contribution in [0.4, 0.5) is 5.69 Å². The van der Waals surface area contributed by atoms with Gasteiger partial charge in [-0.05, 0) is 18.1 Å². The normalized spacial score (nSPS) is 12.5. The fourth-order valence-electron chi connectivity index (χ4n) is 2.30. The average molecular weight is 264 g/mol. The van der Waals surface area contributed by atoms with E-state index in [0.717, 1.165) is 24.1 Å². The predicted molar refractivity (Wildman–Crippen MR) is 81.0 cm³/mol. The first-order valence-electron chi connectivity index (χ1n) is 7.60. The molecular formula is C16H28N2O. The summed E-state index contributed by atoms with van der Waals surface area (Å²) < 4.78 is 0. The zero-order chi connectivity index (χ0) is 13.9. The van der Waals surface area contributed by atoms with Crippen molar-refractivity contribution in [1.29, 1.82) is 0 Å². The number of hydrogen-bond acceptors (Lipinski definition) is 3. The van der Waals surface area contributed by atoms with Crippen LogP contribution in [0.5, 0.6) is 0 Å². The number of aliphatic hydroxyl groups is 1. The molecule has 108 valence electrons. The average Bonchev–Trinajstić information content (AvgIpc) is 2.40. The van der Waals surface area contributed by atoms with Crippen LogP contribution < -0.4 is 5.73 Å². The predicted octanol–water partition coefficient (Wildman–Crippen LogP) is 3.71. The summed E-state index contributed by atoms with van der Waals surface area (Å²) in [6.07, 6.45) is 13.6. The summed E-state index contributed by atoms with van der Waals surface area (Å²) in [6, 6.07) is 1.79. The molecule has 1 rings (SSSR count). The van der Waals surface area contributed by atoms with E-state index in [2.05, 4.69) is 11.9 Å². The van der Waals surface area contributed by atoms with Crippen molar-refractivity contribution < 1.29 is 5.11 Å². The maximum absolute atomic E-state index is 9.98. The zero-order valence-electron chi connectivity index (χ0n) is 12.1. The summed E-state index contributed by atoms with van der Waals surface area (Å²) in [7, 11) is 0. The molecule has 0 aliphatic carbocycles. The van der Waals surface area contributed by atoms with Gasteiger partial charge < -0.3 is 10.8 Å². The van der Waals surface area contributed by atoms with E-state index < -0.39 is 0 Å². The third-order valence-corrected chi connectivity index (χ3v) is 3.54. The van der Waals surface area contributed by atoms with Crippen LogP contribution >= 0.6 is 0 Å². The van der Waals surface area contributed by atoms with E-state index in [4.69, 9.17) is 5.73 Å². The van der Waals surface area contributed by atoms with Crippen LogP contribution in [-0.4, -0.2) is 16.2 Å². The summed E-state index contributed by atoms with van der Waals surface area (Å²) in [5.41, 5.74) is 7.53. The lowest BCUT2D eigenvalue weighted by Gasteiger charge is -2.11. The van der Waals surface area contributed by atoms with Gasteiger partial charge in [-0.1, -0.05) is 51.9 Å². The Morgan fingerprint density at radius 2 is 1.84 bits per heavy atom. The monoisotopic (exact) mass is 264 g/mol. The van der Waals surface area contributed by atoms with Crippen LogP contribution in [0.25, 0.3) is 0 Å². The van der Waals surface area contributed by atoms with E-state index in [1.165, 1.54) is 38.5 Å². The van der Waals surface area contributed by atoms with Gasteiger partial charge in [0.05, 0.1) is 6.10 Å². The van der Waals surface area contributed by atoms with Crippen molar-refractivity contribution in [3.8, 4) is 0 Å². The highest BCUT2D eigenvalue weighted by Gasteiger charge is 2.07. The van der Waals surface area contributed by atoms with Gasteiger partial charge in [-0.25, -0.2) is 0 Å². The Labute approximate surface area is 117 Å². The minimum absolute atomic E-state index is 0.290. The van der Waals surface area contributed by atoms with Crippen molar-refractivity contribution >= 4 is 5.69 Å². The van der Waals surface area contributed by atoms with Gasteiger partial charge in [0, 0.05) is 24.5 Å². The number of nitrogens with two attached hydrogens (primary N) is 1. The fraction of sp³-hybridized carbons (Fsp3) is 0.688. The molecule has 0 saturated heterocycles. The summed E-state index contributed by atoms with van der Waals surface area (Å²) in [5.74, 6) is 0. The zero-order valence-corrected chi connectivity index (χ0v) is 12.1. The molecule has 0 aliphatic rings. The van der Waals surface area contributed by atoms with Crippen molar-refractivity contribution in [2.45, 2.75) is 70.8 Å². The van der Waals surface area contributed by atoms with Crippen molar-refractivity contribution in [2.75, 3.05) is 5.73 Å². The molecule has 0 spiro atoms. The highest BCUT2D eigenvalue weighted by atomic mass is 16.3. The third-order valence-electron chi connectivity index (χ3n) is 3.54. The van der Waals surface area contributed by atoms with Gasteiger partial charge in [-0.3, -0.25) is 4.98 Å². The van der Waals surface area contributed by atoms with Crippen molar-refractivity contribution in [1.82, 2.24) is 4.98 Å². The van der Waals surface area contributed by atoms with Gasteiger partial charge in [-0.2, -0.15) is 0 Å². The lowest BCUT2D eigenvalue weighted by atomic mass is 10.0. The molecule has 0 bridgehead atoms. The van der Waals surface area contributed by atoms with Gasteiger partial charge in [0.15, 0.2) is 0 Å². The van der Waals surface area contributed by atoms with Crippen molar-refractivity contribution in [3.05, 3.63) is 24.0 Å². The van der Waals surface area contributed by atoms with E-state index in [-0.39, 0.29) is 6.10 Å². The summed E-state index contributed by atoms with van der Waals surface area (Å²) >= 11 is 0. The number of nitrogens with zero attached hydrogens (tertiary/aromatic N) is 1. The Hall–Kier alpha value is -1.09. The highest BCUT2D eigenvalue weighted by Crippen LogP contribution is 2.15. The second-order valence-electron chi connectivity index (χ2n) is 5.34. The number of nitrogen functional groups attached to an aromatic ring is 1. The molecule has 0 aliphatic heterocycles. The molecule has 0 radical (unpaired) electrons. The van der Waals surface area contributed by atoms with E-state index in [1.54, 1.807) is 18.5 Å². The topological polar surface area (TPSA) is 59.1 Å². The SMILES string of the molecule is CCCCCCCCCC(O)Cc1cnccc1N. The Morgan fingerprint density at radius 3 is 2.53 bits per heavy atom. The molecule has 1 aromatic heterocycles. The molecule has 3 heteroatoms. The smallest absolute Gasteiger partial charge is 0.0581 e. The molecule has 0 saturated carbocycles. The standard InChI is InChI=1S/C16H28N2O/c1-2-3-4-5-6-7-8-9-15(19)12-14-13-18-11-10-16(14)17/h10-11,13,15,19H,2-9,12H2,1H3,(H2,17,18). The van der Waals surface area contributed by atoms with Crippen LogP contribution in [0.3, 0.4) is 0 Å². The largest absolute Gasteiger partial charge is 0.398 e. The Balaban J connectivity index is 2.08. The van der Waals surface area contributed by atoms with Gasteiger partial charge in [0.25, 0.3) is 0 Å². The minimum atomic E-state index is -0.290. The second-order valence-corrected chi connectivity index (χ2v) is 5.34. The summed E-state index contributed by atoms with van der Waals surface area (Å²) in [6.45, 7) is 2.24. The van der Waals surface area contributed by atoms with Crippen LogP contribution in [0.2, 0.25) is 0 Å². The molecule has 0 fully saturated rings. The molecule has 3 nitrogen and oxygen atoms in total. The van der Waals surface area contributed by atoms with Gasteiger partial charge in [0.2, 0.25) is 0 Å². The van der Waals surface area contributed by atoms with E-state index in [9.17, 15) is 5.11 Å². The first-order valence-corrected chi connectivity index (χ1v) is 7.60. The molecule has 1 aromatic rings. The van der Waals surface area contributed by atoms with Crippen molar-refractivity contribution in [2.24, 2.45) is 0 Å². The fourth-order valence-corrected chi connectivity index (χ4v) is 2.30. The molecule has 1 atom stereocenters. The van der Waals surface area contributed by atoms with Crippen LogP contribution in [0, 0.1) is 0 Å². The maximum atomic E-state index is 9.98. The molecule has 1 heterocycles. The van der Waals surface area contributed by atoms with Crippen LogP contribution in [-0.2, 0) is 6.42 Å².